The summed E-state index contributed by atoms with van der Waals surface area (Å²) >= 11 is 9.44. The summed E-state index contributed by atoms with van der Waals surface area (Å²) in [6.07, 6.45) is 2.80. The second-order valence-electron chi connectivity index (χ2n) is 4.50. The summed E-state index contributed by atoms with van der Waals surface area (Å²) in [6.45, 7) is 2.81. The standard InChI is InChI=1S/C15H13BrClN3O/c1-2-5-20-9-11(16)7-14(20)15(21)19-13-4-3-10(8-18)6-12(13)17/h3-4,6-7,9H,2,5H2,1H3,(H,19,21). The van der Waals surface area contributed by atoms with Crippen molar-refractivity contribution < 1.29 is 4.79 Å². The highest BCUT2D eigenvalue weighted by Crippen LogP contribution is 2.24. The molecule has 21 heavy (non-hydrogen) atoms. The first-order valence-electron chi connectivity index (χ1n) is 6.41. The van der Waals surface area contributed by atoms with Crippen LogP contribution < -0.4 is 5.32 Å². The number of anilines is 1. The third-order valence-electron chi connectivity index (χ3n) is 2.91. The molecule has 2 aromatic rings. The lowest BCUT2D eigenvalue weighted by atomic mass is 10.2. The van der Waals surface area contributed by atoms with Gasteiger partial charge in [0, 0.05) is 17.2 Å². The maximum atomic E-state index is 12.4. The fraction of sp³-hybridized carbons (Fsp3) is 0.200. The number of amides is 1. The number of nitrogens with zero attached hydrogens (tertiary/aromatic N) is 2. The fourth-order valence-electron chi connectivity index (χ4n) is 1.96. The molecule has 1 aromatic heterocycles. The van der Waals surface area contributed by atoms with Crippen LogP contribution in [-0.4, -0.2) is 10.5 Å². The number of nitrogens with one attached hydrogen (secondary N) is 1. The molecule has 0 fully saturated rings. The Bertz CT molecular complexity index is 718. The molecule has 1 aromatic carbocycles. The van der Waals surface area contributed by atoms with Crippen LogP contribution >= 0.6 is 27.5 Å². The fourth-order valence-corrected chi connectivity index (χ4v) is 2.66. The number of halogens is 2. The number of hydrogen-bond donors (Lipinski definition) is 1. The molecule has 0 atom stereocenters. The predicted molar refractivity (Wildman–Crippen MR) is 86.5 cm³/mol. The Balaban J connectivity index is 2.24. The second-order valence-corrected chi connectivity index (χ2v) is 5.82. The molecule has 0 aliphatic rings. The van der Waals surface area contributed by atoms with Gasteiger partial charge in [-0.1, -0.05) is 18.5 Å². The number of benzene rings is 1. The van der Waals surface area contributed by atoms with Crippen LogP contribution in [0.1, 0.15) is 29.4 Å². The van der Waals surface area contributed by atoms with Crippen LogP contribution in [0.25, 0.3) is 0 Å². The van der Waals surface area contributed by atoms with E-state index in [-0.39, 0.29) is 5.91 Å². The molecule has 4 nitrogen and oxygen atoms in total. The summed E-state index contributed by atoms with van der Waals surface area (Å²) in [5.41, 5.74) is 1.50. The first-order chi connectivity index (χ1) is 10.0. The smallest absolute Gasteiger partial charge is 0.272 e. The van der Waals surface area contributed by atoms with Gasteiger partial charge in [0.25, 0.3) is 5.91 Å². The molecule has 0 aliphatic carbocycles. The van der Waals surface area contributed by atoms with Gasteiger partial charge in [0.1, 0.15) is 5.69 Å². The van der Waals surface area contributed by atoms with E-state index in [4.69, 9.17) is 16.9 Å². The van der Waals surface area contributed by atoms with Gasteiger partial charge in [-0.3, -0.25) is 4.79 Å². The number of carbonyl (C=O) groups is 1. The summed E-state index contributed by atoms with van der Waals surface area (Å²) in [7, 11) is 0. The van der Waals surface area contributed by atoms with Crippen LogP contribution in [0.3, 0.4) is 0 Å². The predicted octanol–water partition coefficient (Wildman–Crippen LogP) is 4.44. The molecule has 0 bridgehead atoms. The molecule has 2 rings (SSSR count). The van der Waals surface area contributed by atoms with Gasteiger partial charge in [0.15, 0.2) is 0 Å². The zero-order valence-electron chi connectivity index (χ0n) is 11.4. The van der Waals surface area contributed by atoms with Crippen molar-refractivity contribution in [3.05, 3.63) is 51.2 Å². The molecule has 6 heteroatoms. The van der Waals surface area contributed by atoms with Crippen LogP contribution in [0.2, 0.25) is 5.02 Å². The minimum atomic E-state index is -0.235. The third-order valence-corrected chi connectivity index (χ3v) is 3.65. The number of aromatic nitrogens is 1. The van der Waals surface area contributed by atoms with E-state index in [1.54, 1.807) is 18.2 Å². The van der Waals surface area contributed by atoms with Gasteiger partial charge in [-0.05, 0) is 46.6 Å². The normalized spacial score (nSPS) is 10.2. The van der Waals surface area contributed by atoms with Gasteiger partial charge in [-0.15, -0.1) is 0 Å². The van der Waals surface area contributed by atoms with Gasteiger partial charge < -0.3 is 9.88 Å². The summed E-state index contributed by atoms with van der Waals surface area (Å²) < 4.78 is 2.74. The number of carbonyl (C=O) groups excluding carboxylic acids is 1. The Hall–Kier alpha value is -1.77. The molecule has 0 radical (unpaired) electrons. The monoisotopic (exact) mass is 365 g/mol. The largest absolute Gasteiger partial charge is 0.342 e. The first kappa shape index (κ1) is 15.6. The molecule has 0 aliphatic heterocycles. The van der Waals surface area contributed by atoms with E-state index in [1.165, 1.54) is 6.07 Å². The van der Waals surface area contributed by atoms with Crippen molar-refractivity contribution in [3.63, 3.8) is 0 Å². The number of aryl methyl sites for hydroxylation is 1. The highest BCUT2D eigenvalue weighted by atomic mass is 79.9. The number of hydrogen-bond acceptors (Lipinski definition) is 2. The first-order valence-corrected chi connectivity index (χ1v) is 7.59. The van der Waals surface area contributed by atoms with Crippen molar-refractivity contribution in [2.24, 2.45) is 0 Å². The van der Waals surface area contributed by atoms with Gasteiger partial charge in [-0.25, -0.2) is 0 Å². The lowest BCUT2D eigenvalue weighted by Gasteiger charge is -2.10. The van der Waals surface area contributed by atoms with Crippen molar-refractivity contribution in [2.45, 2.75) is 19.9 Å². The zero-order valence-corrected chi connectivity index (χ0v) is 13.7. The average molecular weight is 367 g/mol. The van der Waals surface area contributed by atoms with Crippen LogP contribution in [0.4, 0.5) is 5.69 Å². The van der Waals surface area contributed by atoms with E-state index in [0.29, 0.717) is 22.0 Å². The van der Waals surface area contributed by atoms with Gasteiger partial charge in [0.05, 0.1) is 22.3 Å². The van der Waals surface area contributed by atoms with Crippen LogP contribution in [0, 0.1) is 11.3 Å². The van der Waals surface area contributed by atoms with Crippen molar-refractivity contribution in [1.29, 1.82) is 5.26 Å². The number of nitriles is 1. The van der Waals surface area contributed by atoms with Crippen LogP contribution in [0.5, 0.6) is 0 Å². The third kappa shape index (κ3) is 3.66. The van der Waals surface area contributed by atoms with E-state index in [1.807, 2.05) is 23.8 Å². The Kier molecular flexibility index (Phi) is 5.05. The van der Waals surface area contributed by atoms with E-state index in [0.717, 1.165) is 17.4 Å². The number of rotatable bonds is 4. The van der Waals surface area contributed by atoms with E-state index in [2.05, 4.69) is 21.2 Å². The molecule has 0 saturated carbocycles. The maximum absolute atomic E-state index is 12.4. The minimum Gasteiger partial charge on any atom is -0.342 e. The topological polar surface area (TPSA) is 57.8 Å². The lowest BCUT2D eigenvalue weighted by Crippen LogP contribution is -2.17. The minimum absolute atomic E-state index is 0.235. The Labute approximate surface area is 136 Å². The van der Waals surface area contributed by atoms with Crippen molar-refractivity contribution in [3.8, 4) is 6.07 Å². The van der Waals surface area contributed by atoms with Crippen molar-refractivity contribution in [2.75, 3.05) is 5.32 Å². The zero-order chi connectivity index (χ0) is 15.4. The van der Waals surface area contributed by atoms with E-state index < -0.39 is 0 Å². The summed E-state index contributed by atoms with van der Waals surface area (Å²) in [6, 6.07) is 8.53. The highest BCUT2D eigenvalue weighted by molar-refractivity contribution is 9.10. The molecule has 0 unspecified atom stereocenters. The molecule has 0 spiro atoms. The maximum Gasteiger partial charge on any atom is 0.272 e. The van der Waals surface area contributed by atoms with E-state index in [9.17, 15) is 4.79 Å². The Morgan fingerprint density at radius 1 is 1.48 bits per heavy atom. The van der Waals surface area contributed by atoms with Crippen molar-refractivity contribution >= 4 is 39.1 Å². The summed E-state index contributed by atoms with van der Waals surface area (Å²) in [5, 5.41) is 11.9. The average Bonchev–Trinajstić information content (AvgIpc) is 2.82. The van der Waals surface area contributed by atoms with Crippen LogP contribution in [-0.2, 0) is 6.54 Å². The van der Waals surface area contributed by atoms with Gasteiger partial charge >= 0.3 is 0 Å². The molecular formula is C15H13BrClN3O. The van der Waals surface area contributed by atoms with Gasteiger partial charge in [-0.2, -0.15) is 5.26 Å². The molecule has 0 saturated heterocycles. The summed E-state index contributed by atoms with van der Waals surface area (Å²) in [4.78, 5) is 12.4. The molecule has 1 amide bonds. The van der Waals surface area contributed by atoms with Crippen molar-refractivity contribution in [1.82, 2.24) is 4.57 Å². The lowest BCUT2D eigenvalue weighted by molar-refractivity contribution is 0.101. The highest BCUT2D eigenvalue weighted by Gasteiger charge is 2.14. The van der Waals surface area contributed by atoms with Gasteiger partial charge in [0.2, 0.25) is 0 Å². The SMILES string of the molecule is CCCn1cc(Br)cc1C(=O)Nc1ccc(C#N)cc1Cl. The summed E-state index contributed by atoms with van der Waals surface area (Å²) in [5.74, 6) is -0.235. The Morgan fingerprint density at radius 3 is 2.86 bits per heavy atom. The Morgan fingerprint density at radius 2 is 2.24 bits per heavy atom. The molecule has 108 valence electrons. The molecular weight excluding hydrogens is 354 g/mol. The molecule has 1 N–H and O–H groups in total. The van der Waals surface area contributed by atoms with Crippen LogP contribution in [0.15, 0.2) is 34.9 Å². The van der Waals surface area contributed by atoms with E-state index >= 15 is 0 Å². The molecule has 1 heterocycles. The second kappa shape index (κ2) is 6.79. The quantitative estimate of drug-likeness (QED) is 0.869.